The van der Waals surface area contributed by atoms with Crippen LogP contribution in [-0.4, -0.2) is 32.8 Å². The molecule has 0 unspecified atom stereocenters. The summed E-state index contributed by atoms with van der Waals surface area (Å²) in [7, 11) is 0. The number of nitrogens with zero attached hydrogens (tertiary/aromatic N) is 2. The average molecular weight is 364 g/mol. The van der Waals surface area contributed by atoms with E-state index >= 15 is 0 Å². The van der Waals surface area contributed by atoms with Crippen LogP contribution >= 0.6 is 11.3 Å². The largest absolute Gasteiger partial charge is 0.477 e. The van der Waals surface area contributed by atoms with Gasteiger partial charge in [0.25, 0.3) is 17.5 Å². The lowest BCUT2D eigenvalue weighted by Crippen LogP contribution is -2.42. The maximum atomic E-state index is 12.1. The molecule has 1 heterocycles. The van der Waals surface area contributed by atoms with Gasteiger partial charge in [-0.1, -0.05) is 6.07 Å². The number of aromatic nitrogens is 1. The van der Waals surface area contributed by atoms with Crippen molar-refractivity contribution in [2.45, 2.75) is 13.8 Å². The average Bonchev–Trinajstić information content (AvgIpc) is 2.89. The molecule has 11 heteroatoms. The topological polar surface area (TPSA) is 152 Å². The normalized spacial score (nSPS) is 10.2. The number of nitro benzene ring substituents is 1. The van der Waals surface area contributed by atoms with Crippen molar-refractivity contribution in [1.29, 1.82) is 0 Å². The number of nitro groups is 1. The number of aryl methyl sites for hydroxylation is 2. The molecule has 2 rings (SSSR count). The van der Waals surface area contributed by atoms with Gasteiger partial charge in [-0.3, -0.25) is 30.6 Å². The molecule has 0 spiro atoms. The molecule has 3 N–H and O–H groups in total. The van der Waals surface area contributed by atoms with Crippen molar-refractivity contribution in [2.24, 2.45) is 0 Å². The van der Waals surface area contributed by atoms with Gasteiger partial charge in [-0.05, 0) is 19.9 Å². The molecule has 2 aromatic rings. The van der Waals surface area contributed by atoms with Crippen LogP contribution in [0, 0.1) is 24.0 Å². The van der Waals surface area contributed by atoms with Gasteiger partial charge in [0.1, 0.15) is 10.4 Å². The summed E-state index contributed by atoms with van der Waals surface area (Å²) in [5.74, 6) is -3.25. The molecule has 0 saturated heterocycles. The van der Waals surface area contributed by atoms with Crippen molar-refractivity contribution in [3.63, 3.8) is 0 Å². The summed E-state index contributed by atoms with van der Waals surface area (Å²) in [6.07, 6.45) is 0. The Bertz CT molecular complexity index is 891. The minimum absolute atomic E-state index is 0.287. The van der Waals surface area contributed by atoms with E-state index < -0.39 is 39.5 Å². The molecule has 0 aliphatic rings. The summed E-state index contributed by atoms with van der Waals surface area (Å²) >= 11 is 1.13. The quantitative estimate of drug-likeness (QED) is 0.548. The minimum atomic E-state index is -1.63. The molecule has 0 aliphatic carbocycles. The Hall–Kier alpha value is -3.34. The maximum Gasteiger partial charge on any atom is 0.343 e. The number of benzene rings is 1. The maximum absolute atomic E-state index is 12.1. The van der Waals surface area contributed by atoms with Gasteiger partial charge in [-0.25, -0.2) is 9.78 Å². The van der Waals surface area contributed by atoms with Crippen molar-refractivity contribution in [1.82, 2.24) is 15.8 Å². The number of amides is 2. The molecule has 0 fully saturated rings. The molecule has 10 nitrogen and oxygen atoms in total. The van der Waals surface area contributed by atoms with Crippen LogP contribution < -0.4 is 10.9 Å². The highest BCUT2D eigenvalue weighted by Crippen LogP contribution is 2.22. The number of carboxylic acid groups (broad SMARTS) is 1. The Morgan fingerprint density at radius 3 is 2.36 bits per heavy atom. The van der Waals surface area contributed by atoms with E-state index in [-0.39, 0.29) is 4.88 Å². The first kappa shape index (κ1) is 18.0. The zero-order valence-corrected chi connectivity index (χ0v) is 13.8. The third-order valence-electron chi connectivity index (χ3n) is 3.10. The van der Waals surface area contributed by atoms with E-state index in [0.717, 1.165) is 23.5 Å². The predicted molar refractivity (Wildman–Crippen MR) is 86.6 cm³/mol. The molecule has 0 bridgehead atoms. The van der Waals surface area contributed by atoms with Crippen LogP contribution in [0.1, 0.15) is 41.1 Å². The van der Waals surface area contributed by atoms with Crippen LogP contribution in [0.2, 0.25) is 0 Å². The number of carboxylic acids is 1. The van der Waals surface area contributed by atoms with Crippen LogP contribution in [0.4, 0.5) is 5.69 Å². The molecule has 2 amide bonds. The molecule has 0 aliphatic heterocycles. The molecule has 0 atom stereocenters. The van der Waals surface area contributed by atoms with Gasteiger partial charge < -0.3 is 5.11 Å². The number of hydrogen-bond donors (Lipinski definition) is 3. The van der Waals surface area contributed by atoms with Crippen LogP contribution in [0.5, 0.6) is 0 Å². The third-order valence-corrected chi connectivity index (χ3v) is 4.17. The van der Waals surface area contributed by atoms with Crippen LogP contribution in [-0.2, 0) is 0 Å². The number of nitrogens with one attached hydrogen (secondary N) is 2. The lowest BCUT2D eigenvalue weighted by atomic mass is 10.1. The number of thiazole rings is 1. The van der Waals surface area contributed by atoms with Gasteiger partial charge in [0.2, 0.25) is 0 Å². The van der Waals surface area contributed by atoms with Gasteiger partial charge in [-0.2, -0.15) is 0 Å². The van der Waals surface area contributed by atoms with E-state index in [1.807, 2.05) is 5.43 Å². The summed E-state index contributed by atoms with van der Waals surface area (Å²) in [5.41, 5.74) is 2.74. The monoisotopic (exact) mass is 364 g/mol. The van der Waals surface area contributed by atoms with E-state index in [9.17, 15) is 24.5 Å². The van der Waals surface area contributed by atoms with E-state index in [2.05, 4.69) is 10.4 Å². The Morgan fingerprint density at radius 1 is 1.20 bits per heavy atom. The number of carbonyl (C=O) groups excluding carboxylic acids is 2. The predicted octanol–water partition coefficient (Wildman–Crippen LogP) is 1.44. The van der Waals surface area contributed by atoms with E-state index in [1.54, 1.807) is 13.8 Å². The number of carbonyl (C=O) groups is 3. The number of hydrazine groups is 1. The van der Waals surface area contributed by atoms with Crippen molar-refractivity contribution in [2.75, 3.05) is 0 Å². The lowest BCUT2D eigenvalue weighted by Gasteiger charge is -2.09. The SMILES string of the molecule is Cc1nc(C)c(C(=O)NNC(=O)c2cccc([N+](=O)[O-])c2C(=O)O)s1. The first-order valence-electron chi connectivity index (χ1n) is 6.77. The molecule has 25 heavy (non-hydrogen) atoms. The Labute approximate surface area is 144 Å². The third kappa shape index (κ3) is 3.77. The fraction of sp³-hybridized carbons (Fsp3) is 0.143. The van der Waals surface area contributed by atoms with Crippen molar-refractivity contribution in [3.05, 3.63) is 55.0 Å². The summed E-state index contributed by atoms with van der Waals surface area (Å²) in [5, 5.41) is 20.8. The second kappa shape index (κ2) is 7.05. The Balaban J connectivity index is 2.23. The van der Waals surface area contributed by atoms with Gasteiger partial charge in [0, 0.05) is 6.07 Å². The van der Waals surface area contributed by atoms with Gasteiger partial charge in [-0.15, -0.1) is 11.3 Å². The standard InChI is InChI=1S/C14H12N4O6S/c1-6-11(25-7(2)15-6)13(20)17-16-12(19)8-4-3-5-9(18(23)24)10(8)14(21)22/h3-5H,1-2H3,(H,16,19)(H,17,20)(H,21,22). The number of hydrogen-bond acceptors (Lipinski definition) is 7. The molecular formula is C14H12N4O6S. The highest BCUT2D eigenvalue weighted by atomic mass is 32.1. The fourth-order valence-corrected chi connectivity index (χ4v) is 2.90. The summed E-state index contributed by atoms with van der Waals surface area (Å²) < 4.78 is 0. The van der Waals surface area contributed by atoms with Crippen molar-refractivity contribution in [3.8, 4) is 0 Å². The summed E-state index contributed by atoms with van der Waals surface area (Å²) in [4.78, 5) is 49.8. The zero-order valence-electron chi connectivity index (χ0n) is 13.0. The fourth-order valence-electron chi connectivity index (χ4n) is 2.09. The summed E-state index contributed by atoms with van der Waals surface area (Å²) in [6.45, 7) is 3.35. The zero-order chi connectivity index (χ0) is 18.7. The molecule has 1 aromatic carbocycles. The lowest BCUT2D eigenvalue weighted by molar-refractivity contribution is -0.385. The second-order valence-electron chi connectivity index (χ2n) is 4.82. The molecule has 0 saturated carbocycles. The van der Waals surface area contributed by atoms with E-state index in [1.165, 1.54) is 6.07 Å². The van der Waals surface area contributed by atoms with E-state index in [0.29, 0.717) is 10.7 Å². The van der Waals surface area contributed by atoms with Crippen LogP contribution in [0.3, 0.4) is 0 Å². The van der Waals surface area contributed by atoms with Crippen molar-refractivity contribution >= 4 is 34.8 Å². The minimum Gasteiger partial charge on any atom is -0.477 e. The van der Waals surface area contributed by atoms with Gasteiger partial charge >= 0.3 is 5.97 Å². The number of aromatic carboxylic acids is 1. The smallest absolute Gasteiger partial charge is 0.343 e. The molecule has 1 aromatic heterocycles. The molecule has 0 radical (unpaired) electrons. The van der Waals surface area contributed by atoms with Crippen LogP contribution in [0.15, 0.2) is 18.2 Å². The summed E-state index contributed by atoms with van der Waals surface area (Å²) in [6, 6.07) is 3.26. The van der Waals surface area contributed by atoms with E-state index in [4.69, 9.17) is 5.11 Å². The molecular weight excluding hydrogens is 352 g/mol. The first-order valence-corrected chi connectivity index (χ1v) is 7.59. The highest BCUT2D eigenvalue weighted by molar-refractivity contribution is 7.13. The molecule has 130 valence electrons. The number of rotatable bonds is 4. The highest BCUT2D eigenvalue weighted by Gasteiger charge is 2.27. The van der Waals surface area contributed by atoms with Gasteiger partial charge in [0.05, 0.1) is 21.2 Å². The first-order chi connectivity index (χ1) is 11.7. The van der Waals surface area contributed by atoms with Crippen molar-refractivity contribution < 1.29 is 24.4 Å². The van der Waals surface area contributed by atoms with Crippen LogP contribution in [0.25, 0.3) is 0 Å². The Morgan fingerprint density at radius 2 is 1.84 bits per heavy atom. The Kier molecular flexibility index (Phi) is 5.08. The van der Waals surface area contributed by atoms with Gasteiger partial charge in [0.15, 0.2) is 0 Å². The second-order valence-corrected chi connectivity index (χ2v) is 6.02.